The summed E-state index contributed by atoms with van der Waals surface area (Å²) < 4.78 is 5.96. The van der Waals surface area contributed by atoms with Gasteiger partial charge in [-0.05, 0) is 43.6 Å². The minimum Gasteiger partial charge on any atom is -0.460 e. The van der Waals surface area contributed by atoms with Gasteiger partial charge in [0.25, 0.3) is 0 Å². The fraction of sp³-hybridized carbons (Fsp3) is 0.650. The molecule has 0 radical (unpaired) electrons. The van der Waals surface area contributed by atoms with Gasteiger partial charge in [-0.1, -0.05) is 103 Å². The summed E-state index contributed by atoms with van der Waals surface area (Å²) in [5.41, 5.74) is 0.684. The molecule has 14 heteroatoms. The predicted octanol–water partition coefficient (Wildman–Crippen LogP) is 2.35. The van der Waals surface area contributed by atoms with Gasteiger partial charge in [-0.3, -0.25) is 24.0 Å². The van der Waals surface area contributed by atoms with Crippen LogP contribution < -0.4 is 26.6 Å². The topological polar surface area (TPSA) is 212 Å². The molecule has 14 nitrogen and oxygen atoms in total. The highest BCUT2D eigenvalue weighted by Gasteiger charge is 2.36. The zero-order chi connectivity index (χ0) is 40.2. The van der Waals surface area contributed by atoms with E-state index in [2.05, 4.69) is 33.5 Å². The van der Waals surface area contributed by atoms with Crippen molar-refractivity contribution in [2.75, 3.05) is 6.61 Å². The van der Waals surface area contributed by atoms with Crippen LogP contribution in [0, 0.1) is 11.8 Å². The highest BCUT2D eigenvalue weighted by Crippen LogP contribution is 2.16. The first kappa shape index (κ1) is 45.9. The number of benzene rings is 1. The molecule has 0 saturated carbocycles. The van der Waals surface area contributed by atoms with E-state index in [0.29, 0.717) is 12.0 Å². The van der Waals surface area contributed by atoms with Crippen molar-refractivity contribution in [3.05, 3.63) is 48.0 Å². The maximum atomic E-state index is 14.0. The van der Waals surface area contributed by atoms with Crippen molar-refractivity contribution in [2.24, 2.45) is 11.8 Å². The number of hydrogen-bond acceptors (Lipinski definition) is 9. The van der Waals surface area contributed by atoms with Gasteiger partial charge in [-0.25, -0.2) is 4.79 Å². The number of rotatable bonds is 15. The van der Waals surface area contributed by atoms with E-state index in [9.17, 15) is 39.0 Å². The van der Waals surface area contributed by atoms with Crippen molar-refractivity contribution < 1.29 is 43.7 Å². The van der Waals surface area contributed by atoms with Crippen molar-refractivity contribution in [2.45, 2.75) is 148 Å². The fourth-order valence-corrected chi connectivity index (χ4v) is 6.00. The van der Waals surface area contributed by atoms with Gasteiger partial charge in [-0.2, -0.15) is 0 Å². The summed E-state index contributed by atoms with van der Waals surface area (Å²) in [7, 11) is 0. The number of carbonyl (C=O) groups is 6. The Bertz CT molecular complexity index is 1390. The second-order valence-corrected chi connectivity index (χ2v) is 14.7. The second-order valence-electron chi connectivity index (χ2n) is 14.7. The highest BCUT2D eigenvalue weighted by atomic mass is 16.5. The lowest BCUT2D eigenvalue weighted by Crippen LogP contribution is -2.62. The van der Waals surface area contributed by atoms with Gasteiger partial charge in [0.15, 0.2) is 0 Å². The van der Waals surface area contributed by atoms with E-state index in [0.717, 1.165) is 32.1 Å². The lowest BCUT2D eigenvalue weighted by Gasteiger charge is -2.29. The van der Waals surface area contributed by atoms with Crippen LogP contribution in [0.4, 0.5) is 0 Å². The Balaban J connectivity index is 2.59. The van der Waals surface area contributed by atoms with E-state index < -0.39 is 90.4 Å². The Hall–Kier alpha value is -4.30. The van der Waals surface area contributed by atoms with Gasteiger partial charge >= 0.3 is 5.97 Å². The molecule has 0 bridgehead atoms. The fourth-order valence-electron chi connectivity index (χ4n) is 6.00. The third kappa shape index (κ3) is 16.0. The molecule has 8 atom stereocenters. The average molecular weight is 758 g/mol. The molecule has 0 aliphatic carbocycles. The molecular weight excluding hydrogens is 694 g/mol. The molecule has 302 valence electrons. The zero-order valence-electron chi connectivity index (χ0n) is 32.8. The molecule has 1 aromatic rings. The minimum absolute atomic E-state index is 0.000425. The van der Waals surface area contributed by atoms with Gasteiger partial charge in [0.05, 0.1) is 19.1 Å². The summed E-state index contributed by atoms with van der Waals surface area (Å²) in [6.07, 6.45) is 7.14. The summed E-state index contributed by atoms with van der Waals surface area (Å²) in [6.45, 7) is 9.86. The van der Waals surface area contributed by atoms with Crippen LogP contribution in [0.5, 0.6) is 0 Å². The third-order valence-electron chi connectivity index (χ3n) is 9.40. The molecule has 54 heavy (non-hydrogen) atoms. The number of nitrogens with one attached hydrogen (secondary N) is 5. The Morgan fingerprint density at radius 3 is 2.00 bits per heavy atom. The molecule has 0 spiro atoms. The summed E-state index contributed by atoms with van der Waals surface area (Å²) in [6, 6.07) is 2.17. The molecule has 7 N–H and O–H groups in total. The van der Waals surface area contributed by atoms with Crippen LogP contribution in [0.15, 0.2) is 42.5 Å². The van der Waals surface area contributed by atoms with Gasteiger partial charge in [0.2, 0.25) is 29.5 Å². The van der Waals surface area contributed by atoms with Crippen LogP contribution in [-0.2, 0) is 39.9 Å². The third-order valence-corrected chi connectivity index (χ3v) is 9.40. The molecule has 1 aliphatic rings. The average Bonchev–Trinajstić information content (AvgIpc) is 3.12. The lowest BCUT2D eigenvalue weighted by molar-refractivity contribution is -0.156. The van der Waals surface area contributed by atoms with Crippen LogP contribution in [0.2, 0.25) is 0 Å². The maximum absolute atomic E-state index is 14.0. The van der Waals surface area contributed by atoms with Crippen molar-refractivity contribution >= 4 is 35.5 Å². The Kier molecular flexibility index (Phi) is 20.5. The van der Waals surface area contributed by atoms with Crippen molar-refractivity contribution in [3.8, 4) is 0 Å². The molecule has 1 fully saturated rings. The van der Waals surface area contributed by atoms with E-state index >= 15 is 0 Å². The number of amides is 5. The van der Waals surface area contributed by atoms with Crippen molar-refractivity contribution in [3.63, 3.8) is 0 Å². The molecule has 0 unspecified atom stereocenters. The Labute approximate surface area is 320 Å². The summed E-state index contributed by atoms with van der Waals surface area (Å²) in [5.74, 6) is -5.16. The standard InChI is InChI=1S/C40H63N5O9/c1-7-9-10-11-12-13-17-20-29-23-33(48)41-30(21-25(3)4)36(49)43-32(24-46)38(51)45-35(27(6)47)39(52)42-31(22-28-18-15-14-16-19-28)37(50)44-34(26(5)8-2)40(53)54-29/h13-19,25-27,29-32,34-35,46-47H,7-12,20-24H2,1-6H3,(H,41,48)(H,42,52)(H,43,49)(H,44,50)(H,45,51)/b17-13-/t26-,27-,29-,30-,31-,32+,34+,35+/m1/s1. The van der Waals surface area contributed by atoms with E-state index in [4.69, 9.17) is 4.74 Å². The van der Waals surface area contributed by atoms with E-state index in [1.807, 2.05) is 32.9 Å². The molecule has 2 rings (SSSR count). The first-order chi connectivity index (χ1) is 25.7. The minimum atomic E-state index is -1.60. The second kappa shape index (κ2) is 24.2. The molecule has 1 aromatic carbocycles. The smallest absolute Gasteiger partial charge is 0.329 e. The largest absolute Gasteiger partial charge is 0.460 e. The first-order valence-corrected chi connectivity index (χ1v) is 19.4. The maximum Gasteiger partial charge on any atom is 0.329 e. The van der Waals surface area contributed by atoms with Gasteiger partial charge in [0.1, 0.15) is 36.3 Å². The first-order valence-electron chi connectivity index (χ1n) is 19.4. The van der Waals surface area contributed by atoms with Crippen LogP contribution in [-0.4, -0.2) is 94.7 Å². The summed E-state index contributed by atoms with van der Waals surface area (Å²) in [5, 5.41) is 33.6. The number of esters is 1. The number of aliphatic hydroxyl groups is 2. The molecule has 1 aliphatic heterocycles. The molecule has 0 aromatic heterocycles. The van der Waals surface area contributed by atoms with Gasteiger partial charge in [-0.15, -0.1) is 0 Å². The number of allylic oxidation sites excluding steroid dienone is 1. The normalized spacial score (nSPS) is 25.3. The van der Waals surface area contributed by atoms with Crippen LogP contribution in [0.3, 0.4) is 0 Å². The van der Waals surface area contributed by atoms with Crippen LogP contribution >= 0.6 is 0 Å². The number of carbonyl (C=O) groups excluding carboxylic acids is 6. The quantitative estimate of drug-likeness (QED) is 0.0794. The van der Waals surface area contributed by atoms with Crippen molar-refractivity contribution in [1.82, 2.24) is 26.6 Å². The van der Waals surface area contributed by atoms with Crippen LogP contribution in [0.1, 0.15) is 105 Å². The number of ether oxygens (including phenoxy) is 1. The van der Waals surface area contributed by atoms with E-state index in [1.54, 1.807) is 37.3 Å². The van der Waals surface area contributed by atoms with Gasteiger partial charge < -0.3 is 41.5 Å². The number of hydrogen-bond donors (Lipinski definition) is 7. The summed E-state index contributed by atoms with van der Waals surface area (Å²) >= 11 is 0. The van der Waals surface area contributed by atoms with Crippen molar-refractivity contribution in [1.29, 1.82) is 0 Å². The molecule has 1 saturated heterocycles. The van der Waals surface area contributed by atoms with E-state index in [1.165, 1.54) is 6.92 Å². The SMILES string of the molecule is CCCCCC/C=C\C[C@@H]1CC(=O)N[C@H](CC(C)C)C(=O)N[C@@H](CO)C(=O)N[C@@H]([C@@H](C)O)C(=O)N[C@H](Cc2ccccc2)C(=O)N[C@@H]([C@H](C)CC)C(=O)O1. The highest BCUT2D eigenvalue weighted by molar-refractivity contribution is 5.96. The number of unbranched alkanes of at least 4 members (excludes halogenated alkanes) is 4. The monoisotopic (exact) mass is 757 g/mol. The molecule has 1 heterocycles. The lowest BCUT2D eigenvalue weighted by atomic mass is 9.97. The Morgan fingerprint density at radius 1 is 0.759 bits per heavy atom. The summed E-state index contributed by atoms with van der Waals surface area (Å²) in [4.78, 5) is 81.9. The van der Waals surface area contributed by atoms with Gasteiger partial charge in [0, 0.05) is 12.8 Å². The zero-order valence-corrected chi connectivity index (χ0v) is 32.8. The molecular formula is C40H63N5O9. The Morgan fingerprint density at radius 2 is 1.39 bits per heavy atom. The number of cyclic esters (lactones) is 1. The number of aliphatic hydroxyl groups excluding tert-OH is 2. The predicted molar refractivity (Wildman–Crippen MR) is 204 cm³/mol. The molecule has 5 amide bonds. The van der Waals surface area contributed by atoms with Crippen LogP contribution in [0.25, 0.3) is 0 Å². The van der Waals surface area contributed by atoms with E-state index in [-0.39, 0.29) is 31.6 Å².